The molecule has 8 nitrogen and oxygen atoms in total. The predicted molar refractivity (Wildman–Crippen MR) is 44.5 cm³/mol. The maximum Gasteiger partial charge on any atom is 0.467 e. The van der Waals surface area contributed by atoms with Gasteiger partial charge >= 0.3 is 11.4 Å². The summed E-state index contributed by atoms with van der Waals surface area (Å²) < 4.78 is 0. The van der Waals surface area contributed by atoms with Gasteiger partial charge < -0.3 is 0 Å². The van der Waals surface area contributed by atoms with Gasteiger partial charge in [0.2, 0.25) is 5.39 Å². The van der Waals surface area contributed by atoms with Crippen LogP contribution in [0.1, 0.15) is 0 Å². The number of hydrogen-bond acceptors (Lipinski definition) is 5. The van der Waals surface area contributed by atoms with Gasteiger partial charge in [-0.2, -0.15) is 0 Å². The average molecular weight is 195 g/mol. The van der Waals surface area contributed by atoms with Gasteiger partial charge in [-0.1, -0.05) is 0 Å². The Bertz CT molecular complexity index is 450. The van der Waals surface area contributed by atoms with Crippen molar-refractivity contribution in [3.05, 3.63) is 43.4 Å². The van der Waals surface area contributed by atoms with Gasteiger partial charge in [-0.15, -0.1) is 0 Å². The third-order valence-corrected chi connectivity index (χ3v) is 1.47. The predicted octanol–water partition coefficient (Wildman–Crippen LogP) is 1.99. The van der Waals surface area contributed by atoms with Crippen molar-refractivity contribution in [3.8, 4) is 0 Å². The molecule has 8 heteroatoms. The molecule has 0 aliphatic heterocycles. The van der Waals surface area contributed by atoms with E-state index in [0.717, 1.165) is 18.2 Å². The van der Waals surface area contributed by atoms with Crippen LogP contribution in [0.25, 0.3) is 4.98 Å². The standard InChI is InChI=1S/C6H3N4O4/c7-8-5-3-4(9(11)12)1-2-6(5)10(13)14/h1-3H/q+1. The molecule has 1 aromatic carbocycles. The molecule has 0 fully saturated rings. The Morgan fingerprint density at radius 2 is 1.86 bits per heavy atom. The largest absolute Gasteiger partial charge is 0.467 e. The molecule has 0 aliphatic carbocycles. The maximum atomic E-state index is 10.3. The van der Waals surface area contributed by atoms with Crippen molar-refractivity contribution < 1.29 is 9.85 Å². The highest BCUT2D eigenvalue weighted by molar-refractivity contribution is 5.65. The van der Waals surface area contributed by atoms with Crippen molar-refractivity contribution in [1.29, 1.82) is 5.39 Å². The normalized spacial score (nSPS) is 9.07. The highest BCUT2D eigenvalue weighted by Gasteiger charge is 2.27. The summed E-state index contributed by atoms with van der Waals surface area (Å²) in [5.74, 6) is 0. The molecule has 0 amide bonds. The van der Waals surface area contributed by atoms with Gasteiger partial charge in [0.15, 0.2) is 4.98 Å². The van der Waals surface area contributed by atoms with E-state index in [9.17, 15) is 20.2 Å². The summed E-state index contributed by atoms with van der Waals surface area (Å²) in [4.78, 5) is 21.6. The molecule has 0 radical (unpaired) electrons. The van der Waals surface area contributed by atoms with Crippen molar-refractivity contribution in [2.45, 2.75) is 0 Å². The first-order valence-corrected chi connectivity index (χ1v) is 3.34. The van der Waals surface area contributed by atoms with Crippen LogP contribution in [0.2, 0.25) is 0 Å². The molecule has 0 atom stereocenters. The monoisotopic (exact) mass is 195 g/mol. The minimum absolute atomic E-state index is 0.372. The number of diazo groups is 1. The number of rotatable bonds is 2. The molecule has 1 rings (SSSR count). The van der Waals surface area contributed by atoms with Gasteiger partial charge in [0, 0.05) is 12.1 Å². The summed E-state index contributed by atoms with van der Waals surface area (Å²) in [6.45, 7) is 0. The van der Waals surface area contributed by atoms with Crippen LogP contribution in [0.3, 0.4) is 0 Å². The lowest BCUT2D eigenvalue weighted by Gasteiger charge is -1.88. The zero-order valence-electron chi connectivity index (χ0n) is 6.65. The summed E-state index contributed by atoms with van der Waals surface area (Å²) >= 11 is 0. The summed E-state index contributed by atoms with van der Waals surface area (Å²) in [5, 5.41) is 29.0. The summed E-state index contributed by atoms with van der Waals surface area (Å²) in [6.07, 6.45) is 0. The van der Waals surface area contributed by atoms with Crippen molar-refractivity contribution in [3.63, 3.8) is 0 Å². The fourth-order valence-corrected chi connectivity index (χ4v) is 0.860. The van der Waals surface area contributed by atoms with Crippen molar-refractivity contribution >= 4 is 17.1 Å². The van der Waals surface area contributed by atoms with Gasteiger partial charge in [-0.3, -0.25) is 20.2 Å². The first kappa shape index (κ1) is 9.53. The topological polar surface area (TPSA) is 114 Å². The van der Waals surface area contributed by atoms with E-state index in [4.69, 9.17) is 5.39 Å². The van der Waals surface area contributed by atoms with E-state index in [-0.39, 0.29) is 5.69 Å². The second-order valence-electron chi connectivity index (χ2n) is 2.29. The Morgan fingerprint density at radius 3 is 2.29 bits per heavy atom. The van der Waals surface area contributed by atoms with E-state index in [1.165, 1.54) is 0 Å². The van der Waals surface area contributed by atoms with Crippen LogP contribution in [0.4, 0.5) is 17.1 Å². The number of nitro groups is 2. The third-order valence-electron chi connectivity index (χ3n) is 1.47. The molecule has 0 spiro atoms. The van der Waals surface area contributed by atoms with Crippen molar-refractivity contribution in [2.75, 3.05) is 0 Å². The van der Waals surface area contributed by atoms with Crippen LogP contribution in [-0.4, -0.2) is 9.85 Å². The number of benzene rings is 1. The minimum Gasteiger partial charge on any atom is -0.258 e. The van der Waals surface area contributed by atoms with Crippen LogP contribution in [0.15, 0.2) is 18.2 Å². The second kappa shape index (κ2) is 3.44. The first-order chi connectivity index (χ1) is 6.56. The molecule has 0 heterocycles. The number of hydrogen-bond donors (Lipinski definition) is 0. The molecule has 0 saturated heterocycles. The number of nitro benzene ring substituents is 2. The Morgan fingerprint density at radius 1 is 1.21 bits per heavy atom. The zero-order valence-corrected chi connectivity index (χ0v) is 6.65. The van der Waals surface area contributed by atoms with E-state index in [1.54, 1.807) is 0 Å². The quantitative estimate of drug-likeness (QED) is 0.406. The molecule has 14 heavy (non-hydrogen) atoms. The zero-order chi connectivity index (χ0) is 10.7. The molecular weight excluding hydrogens is 192 g/mol. The Kier molecular flexibility index (Phi) is 2.34. The van der Waals surface area contributed by atoms with Gasteiger partial charge in [-0.05, 0) is 0 Å². The van der Waals surface area contributed by atoms with Crippen LogP contribution < -0.4 is 0 Å². The lowest BCUT2D eigenvalue weighted by Crippen LogP contribution is -1.91. The van der Waals surface area contributed by atoms with Crippen molar-refractivity contribution in [2.24, 2.45) is 0 Å². The third kappa shape index (κ3) is 1.61. The summed E-state index contributed by atoms with van der Waals surface area (Å²) in [6, 6.07) is 2.69. The molecule has 0 saturated carbocycles. The Labute approximate surface area is 76.7 Å². The van der Waals surface area contributed by atoms with Crippen LogP contribution >= 0.6 is 0 Å². The second-order valence-corrected chi connectivity index (χ2v) is 2.29. The lowest BCUT2D eigenvalue weighted by atomic mass is 10.2. The molecule has 70 valence electrons. The van der Waals surface area contributed by atoms with Gasteiger partial charge in [0.05, 0.1) is 9.85 Å². The highest BCUT2D eigenvalue weighted by atomic mass is 16.6. The maximum absolute atomic E-state index is 10.3. The van der Waals surface area contributed by atoms with Crippen LogP contribution in [0, 0.1) is 25.6 Å². The smallest absolute Gasteiger partial charge is 0.258 e. The van der Waals surface area contributed by atoms with E-state index >= 15 is 0 Å². The Hall–Kier alpha value is -2.56. The van der Waals surface area contributed by atoms with Crippen molar-refractivity contribution in [1.82, 2.24) is 0 Å². The van der Waals surface area contributed by atoms with E-state index in [0.29, 0.717) is 0 Å². The Balaban J connectivity index is 3.34. The fourth-order valence-electron chi connectivity index (χ4n) is 0.860. The van der Waals surface area contributed by atoms with Gasteiger partial charge in [0.25, 0.3) is 5.69 Å². The SMILES string of the molecule is N#[N+]c1cc([N+](=O)[O-])ccc1[N+](=O)[O-]. The number of nitrogens with zero attached hydrogens (tertiary/aromatic N) is 4. The molecule has 0 aromatic heterocycles. The molecule has 1 aromatic rings. The van der Waals surface area contributed by atoms with Gasteiger partial charge in [0.1, 0.15) is 6.07 Å². The summed E-state index contributed by atoms with van der Waals surface area (Å²) in [7, 11) is 0. The number of non-ortho nitro benzene ring substituents is 1. The first-order valence-electron chi connectivity index (χ1n) is 3.34. The molecule has 0 unspecified atom stereocenters. The van der Waals surface area contributed by atoms with E-state index in [2.05, 4.69) is 4.98 Å². The minimum atomic E-state index is -0.793. The molecule has 0 aliphatic rings. The van der Waals surface area contributed by atoms with E-state index < -0.39 is 21.2 Å². The molecule has 0 N–H and O–H groups in total. The summed E-state index contributed by atoms with van der Waals surface area (Å²) in [5.41, 5.74) is -1.30. The fraction of sp³-hybridized carbons (Fsp3) is 0. The van der Waals surface area contributed by atoms with Crippen LogP contribution in [-0.2, 0) is 0 Å². The lowest BCUT2D eigenvalue weighted by molar-refractivity contribution is -0.388. The van der Waals surface area contributed by atoms with Gasteiger partial charge in [-0.25, -0.2) is 0 Å². The highest BCUT2D eigenvalue weighted by Crippen LogP contribution is 2.30. The van der Waals surface area contributed by atoms with E-state index in [1.807, 2.05) is 0 Å². The van der Waals surface area contributed by atoms with Crippen LogP contribution in [0.5, 0.6) is 0 Å². The molecular formula is C6H3N4O4+. The average Bonchev–Trinajstić information content (AvgIpc) is 2.16. The molecule has 0 bridgehead atoms.